The topological polar surface area (TPSA) is 52.1 Å². The molecular weight excluding hydrogens is 324 g/mol. The Hall–Kier alpha value is -3.01. The zero-order valence-corrected chi connectivity index (χ0v) is 14.7. The second kappa shape index (κ2) is 7.08. The molecule has 0 saturated carbocycles. The third kappa shape index (κ3) is 2.99. The molecule has 1 atom stereocenters. The first-order valence-electron chi connectivity index (χ1n) is 8.82. The molecule has 1 aliphatic carbocycles. The Morgan fingerprint density at radius 1 is 1.08 bits per heavy atom. The summed E-state index contributed by atoms with van der Waals surface area (Å²) in [5.41, 5.74) is 6.12. The Kier molecular flexibility index (Phi) is 4.48. The zero-order chi connectivity index (χ0) is 17.9. The lowest BCUT2D eigenvalue weighted by Gasteiger charge is -2.27. The molecule has 0 amide bonds. The van der Waals surface area contributed by atoms with Crippen LogP contribution in [0.2, 0.25) is 0 Å². The van der Waals surface area contributed by atoms with Crippen molar-refractivity contribution in [3.05, 3.63) is 83.4 Å². The normalized spacial score (nSPS) is 16.0. The summed E-state index contributed by atoms with van der Waals surface area (Å²) in [6, 6.07) is 17.0. The monoisotopic (exact) mass is 344 g/mol. The van der Waals surface area contributed by atoms with Crippen LogP contribution in [0.15, 0.2) is 61.1 Å². The van der Waals surface area contributed by atoms with Crippen LogP contribution >= 0.6 is 0 Å². The number of benzene rings is 2. The number of nitrogens with zero attached hydrogens (tertiary/aromatic N) is 2. The van der Waals surface area contributed by atoms with E-state index >= 15 is 0 Å². The lowest BCUT2D eigenvalue weighted by atomic mass is 9.78. The van der Waals surface area contributed by atoms with E-state index in [1.165, 1.54) is 30.1 Å². The van der Waals surface area contributed by atoms with Gasteiger partial charge in [0.1, 0.15) is 6.33 Å². The number of methoxy groups -OCH3 is 1. The first-order chi connectivity index (χ1) is 12.8. The molecule has 1 aromatic heterocycles. The second-order valence-corrected chi connectivity index (χ2v) is 6.57. The summed E-state index contributed by atoms with van der Waals surface area (Å²) < 4.78 is 4.89. The number of rotatable bonds is 3. The van der Waals surface area contributed by atoms with Gasteiger partial charge in [-0.15, -0.1) is 0 Å². The van der Waals surface area contributed by atoms with Crippen molar-refractivity contribution in [3.63, 3.8) is 0 Å². The predicted molar refractivity (Wildman–Crippen MR) is 100 cm³/mol. The van der Waals surface area contributed by atoms with Crippen molar-refractivity contribution in [2.24, 2.45) is 0 Å². The minimum Gasteiger partial charge on any atom is -0.464 e. The van der Waals surface area contributed by atoms with Gasteiger partial charge < -0.3 is 4.74 Å². The summed E-state index contributed by atoms with van der Waals surface area (Å²) in [5.74, 6) is 0.101. The second-order valence-electron chi connectivity index (χ2n) is 6.57. The fraction of sp³-hybridized carbons (Fsp3) is 0.227. The molecule has 3 aromatic rings. The SMILES string of the molecule is COC(=O)c1ncncc1-c1cccc2c1CCC(c1ccccc1)C2. The molecule has 1 heterocycles. The molecule has 4 heteroatoms. The van der Waals surface area contributed by atoms with Crippen LogP contribution in [0.3, 0.4) is 0 Å². The van der Waals surface area contributed by atoms with Gasteiger partial charge in [-0.25, -0.2) is 14.8 Å². The number of carbonyl (C=O) groups is 1. The van der Waals surface area contributed by atoms with Crippen molar-refractivity contribution in [1.82, 2.24) is 9.97 Å². The van der Waals surface area contributed by atoms with Crippen LogP contribution in [0, 0.1) is 0 Å². The molecule has 1 aliphatic rings. The smallest absolute Gasteiger partial charge is 0.357 e. The van der Waals surface area contributed by atoms with Crippen LogP contribution in [0.4, 0.5) is 0 Å². The maximum atomic E-state index is 12.1. The number of fused-ring (bicyclic) bond motifs is 1. The Bertz CT molecular complexity index is 938. The van der Waals surface area contributed by atoms with Crippen molar-refractivity contribution in [2.45, 2.75) is 25.2 Å². The summed E-state index contributed by atoms with van der Waals surface area (Å²) in [7, 11) is 1.37. The molecule has 1 unspecified atom stereocenters. The third-order valence-corrected chi connectivity index (χ3v) is 5.13. The highest BCUT2D eigenvalue weighted by molar-refractivity contribution is 5.95. The van der Waals surface area contributed by atoms with E-state index in [0.29, 0.717) is 11.6 Å². The number of ether oxygens (including phenoxy) is 1. The Morgan fingerprint density at radius 3 is 2.73 bits per heavy atom. The van der Waals surface area contributed by atoms with E-state index in [-0.39, 0.29) is 0 Å². The third-order valence-electron chi connectivity index (χ3n) is 5.13. The molecule has 0 N–H and O–H groups in total. The van der Waals surface area contributed by atoms with Gasteiger partial charge in [0.05, 0.1) is 7.11 Å². The molecule has 130 valence electrons. The van der Waals surface area contributed by atoms with E-state index in [9.17, 15) is 4.79 Å². The standard InChI is InChI=1S/C22H20N2O2/c1-26-22(25)21-20(13-23-14-24-21)19-9-5-8-17-12-16(10-11-18(17)19)15-6-3-2-4-7-15/h2-9,13-14,16H,10-12H2,1H3. The van der Waals surface area contributed by atoms with E-state index in [1.54, 1.807) is 6.20 Å². The van der Waals surface area contributed by atoms with E-state index in [0.717, 1.165) is 30.4 Å². The molecule has 0 spiro atoms. The molecule has 0 radical (unpaired) electrons. The quantitative estimate of drug-likeness (QED) is 0.668. The largest absolute Gasteiger partial charge is 0.464 e. The van der Waals surface area contributed by atoms with Crippen LogP contribution in [0.1, 0.15) is 39.5 Å². The Balaban J connectivity index is 1.74. The van der Waals surface area contributed by atoms with Gasteiger partial charge in [-0.05, 0) is 47.4 Å². The van der Waals surface area contributed by atoms with Crippen LogP contribution in [-0.4, -0.2) is 23.0 Å². The Labute approximate surface area is 152 Å². The van der Waals surface area contributed by atoms with E-state index in [1.807, 2.05) is 6.07 Å². The fourth-order valence-corrected chi connectivity index (χ4v) is 3.86. The van der Waals surface area contributed by atoms with Gasteiger partial charge in [-0.2, -0.15) is 0 Å². The van der Waals surface area contributed by atoms with Crippen molar-refractivity contribution >= 4 is 5.97 Å². The predicted octanol–water partition coefficient (Wildman–Crippen LogP) is 4.20. The molecule has 26 heavy (non-hydrogen) atoms. The van der Waals surface area contributed by atoms with Gasteiger partial charge in [0.25, 0.3) is 0 Å². The fourth-order valence-electron chi connectivity index (χ4n) is 3.86. The van der Waals surface area contributed by atoms with Gasteiger partial charge in [0.2, 0.25) is 0 Å². The van der Waals surface area contributed by atoms with Gasteiger partial charge in [0, 0.05) is 11.8 Å². The first kappa shape index (κ1) is 16.5. The highest BCUT2D eigenvalue weighted by Gasteiger charge is 2.24. The Morgan fingerprint density at radius 2 is 1.92 bits per heavy atom. The van der Waals surface area contributed by atoms with Gasteiger partial charge in [0.15, 0.2) is 5.69 Å². The highest BCUT2D eigenvalue weighted by Crippen LogP contribution is 2.37. The number of hydrogen-bond acceptors (Lipinski definition) is 4. The summed E-state index contributed by atoms with van der Waals surface area (Å²) in [4.78, 5) is 20.4. The molecular formula is C22H20N2O2. The molecule has 0 fully saturated rings. The van der Waals surface area contributed by atoms with E-state index in [4.69, 9.17) is 4.74 Å². The van der Waals surface area contributed by atoms with Crippen molar-refractivity contribution in [1.29, 1.82) is 0 Å². The van der Waals surface area contributed by atoms with E-state index < -0.39 is 5.97 Å². The highest BCUT2D eigenvalue weighted by atomic mass is 16.5. The summed E-state index contributed by atoms with van der Waals surface area (Å²) in [6.07, 6.45) is 6.17. The maximum absolute atomic E-state index is 12.1. The average Bonchev–Trinajstić information content (AvgIpc) is 2.73. The summed E-state index contributed by atoms with van der Waals surface area (Å²) >= 11 is 0. The van der Waals surface area contributed by atoms with Crippen molar-refractivity contribution in [3.8, 4) is 11.1 Å². The molecule has 0 saturated heterocycles. The summed E-state index contributed by atoms with van der Waals surface area (Å²) in [5, 5.41) is 0. The van der Waals surface area contributed by atoms with Crippen LogP contribution in [0.25, 0.3) is 11.1 Å². The minimum atomic E-state index is -0.432. The zero-order valence-electron chi connectivity index (χ0n) is 14.7. The maximum Gasteiger partial charge on any atom is 0.357 e. The van der Waals surface area contributed by atoms with Crippen LogP contribution in [-0.2, 0) is 17.6 Å². The van der Waals surface area contributed by atoms with Crippen LogP contribution < -0.4 is 0 Å². The van der Waals surface area contributed by atoms with Gasteiger partial charge in [-0.1, -0.05) is 48.5 Å². The molecule has 0 aliphatic heterocycles. The average molecular weight is 344 g/mol. The summed E-state index contributed by atoms with van der Waals surface area (Å²) in [6.45, 7) is 0. The van der Waals surface area contributed by atoms with E-state index in [2.05, 4.69) is 52.4 Å². The minimum absolute atomic E-state index is 0.320. The number of esters is 1. The molecule has 4 rings (SSSR count). The lowest BCUT2D eigenvalue weighted by Crippen LogP contribution is -2.14. The van der Waals surface area contributed by atoms with Gasteiger partial charge in [-0.3, -0.25) is 0 Å². The van der Waals surface area contributed by atoms with Crippen molar-refractivity contribution < 1.29 is 9.53 Å². The number of carbonyl (C=O) groups excluding carboxylic acids is 1. The first-order valence-corrected chi connectivity index (χ1v) is 8.82. The lowest BCUT2D eigenvalue weighted by molar-refractivity contribution is 0.0595. The van der Waals surface area contributed by atoms with Crippen LogP contribution in [0.5, 0.6) is 0 Å². The number of aromatic nitrogens is 2. The molecule has 2 aromatic carbocycles. The van der Waals surface area contributed by atoms with Gasteiger partial charge >= 0.3 is 5.97 Å². The number of hydrogen-bond donors (Lipinski definition) is 0. The molecule has 4 nitrogen and oxygen atoms in total. The van der Waals surface area contributed by atoms with Crippen molar-refractivity contribution in [2.75, 3.05) is 7.11 Å². The molecule has 0 bridgehead atoms.